The van der Waals surface area contributed by atoms with E-state index in [0.717, 1.165) is 16.2 Å². The topological polar surface area (TPSA) is 55.4 Å². The fourth-order valence-electron chi connectivity index (χ4n) is 2.26. The molecule has 0 atom stereocenters. The molecule has 0 spiro atoms. The SMILES string of the molecule is CC(C)(C)c1ccc(C(=O)OCC(=O)NCCSc2ccc(Cl)cc2)cc1. The quantitative estimate of drug-likeness (QED) is 0.412. The zero-order valence-electron chi connectivity index (χ0n) is 15.8. The van der Waals surface area contributed by atoms with Crippen molar-refractivity contribution in [2.24, 2.45) is 0 Å². The van der Waals surface area contributed by atoms with Gasteiger partial charge in [0.25, 0.3) is 5.91 Å². The largest absolute Gasteiger partial charge is 0.452 e. The lowest BCUT2D eigenvalue weighted by molar-refractivity contribution is -0.124. The predicted molar refractivity (Wildman–Crippen MR) is 111 cm³/mol. The Kier molecular flexibility index (Phi) is 7.75. The molecule has 0 fully saturated rings. The van der Waals surface area contributed by atoms with E-state index in [4.69, 9.17) is 16.3 Å². The molecule has 4 nitrogen and oxygen atoms in total. The van der Waals surface area contributed by atoms with Crippen LogP contribution in [-0.2, 0) is 14.9 Å². The molecule has 0 saturated carbocycles. The Hall–Kier alpha value is -1.98. The summed E-state index contributed by atoms with van der Waals surface area (Å²) in [5.41, 5.74) is 1.59. The summed E-state index contributed by atoms with van der Waals surface area (Å²) in [7, 11) is 0. The first kappa shape index (κ1) is 21.3. The average Bonchev–Trinajstić information content (AvgIpc) is 2.64. The molecule has 27 heavy (non-hydrogen) atoms. The smallest absolute Gasteiger partial charge is 0.338 e. The van der Waals surface area contributed by atoms with Gasteiger partial charge in [-0.2, -0.15) is 0 Å². The first-order valence-electron chi connectivity index (χ1n) is 8.68. The van der Waals surface area contributed by atoms with Crippen molar-refractivity contribution in [3.05, 3.63) is 64.7 Å². The third-order valence-corrected chi connectivity index (χ3v) is 5.09. The molecule has 0 aromatic heterocycles. The van der Waals surface area contributed by atoms with Crippen LogP contribution in [0.5, 0.6) is 0 Å². The number of nitrogens with one attached hydrogen (secondary N) is 1. The third kappa shape index (κ3) is 7.27. The van der Waals surface area contributed by atoms with Gasteiger partial charge in [-0.05, 0) is 47.4 Å². The summed E-state index contributed by atoms with van der Waals surface area (Å²) in [6.07, 6.45) is 0. The van der Waals surface area contributed by atoms with Gasteiger partial charge in [-0.25, -0.2) is 4.79 Å². The summed E-state index contributed by atoms with van der Waals surface area (Å²) in [5, 5.41) is 3.43. The molecule has 0 saturated heterocycles. The van der Waals surface area contributed by atoms with Crippen molar-refractivity contribution in [3.63, 3.8) is 0 Å². The molecule has 2 rings (SSSR count). The van der Waals surface area contributed by atoms with Crippen LogP contribution in [0.4, 0.5) is 0 Å². The first-order chi connectivity index (χ1) is 12.8. The van der Waals surface area contributed by atoms with Gasteiger partial charge in [0.05, 0.1) is 5.56 Å². The van der Waals surface area contributed by atoms with Crippen LogP contribution in [0.25, 0.3) is 0 Å². The molecule has 6 heteroatoms. The fraction of sp³-hybridized carbons (Fsp3) is 0.333. The molecule has 0 aliphatic carbocycles. The number of rotatable bonds is 7. The number of esters is 1. The summed E-state index contributed by atoms with van der Waals surface area (Å²) in [4.78, 5) is 24.9. The molecular formula is C21H24ClNO3S. The number of hydrogen-bond donors (Lipinski definition) is 1. The van der Waals surface area contributed by atoms with E-state index < -0.39 is 5.97 Å². The number of benzene rings is 2. The van der Waals surface area contributed by atoms with Crippen LogP contribution in [0.15, 0.2) is 53.4 Å². The minimum Gasteiger partial charge on any atom is -0.452 e. The molecule has 0 aliphatic heterocycles. The Bertz CT molecular complexity index is 768. The molecule has 0 bridgehead atoms. The third-order valence-electron chi connectivity index (χ3n) is 3.83. The van der Waals surface area contributed by atoms with Gasteiger partial charge in [0.15, 0.2) is 6.61 Å². The fourth-order valence-corrected chi connectivity index (χ4v) is 3.16. The van der Waals surface area contributed by atoms with E-state index in [-0.39, 0.29) is 17.9 Å². The van der Waals surface area contributed by atoms with Gasteiger partial charge in [-0.3, -0.25) is 4.79 Å². The maximum atomic E-state index is 12.0. The Morgan fingerprint density at radius 1 is 1.04 bits per heavy atom. The van der Waals surface area contributed by atoms with E-state index in [9.17, 15) is 9.59 Å². The van der Waals surface area contributed by atoms with Crippen LogP contribution in [-0.4, -0.2) is 30.8 Å². The zero-order chi connectivity index (χ0) is 19.9. The van der Waals surface area contributed by atoms with E-state index in [0.29, 0.717) is 17.1 Å². The second-order valence-electron chi connectivity index (χ2n) is 7.06. The van der Waals surface area contributed by atoms with E-state index in [1.807, 2.05) is 36.4 Å². The normalized spacial score (nSPS) is 11.1. The Morgan fingerprint density at radius 3 is 2.26 bits per heavy atom. The highest BCUT2D eigenvalue weighted by Crippen LogP contribution is 2.22. The van der Waals surface area contributed by atoms with Crippen molar-refractivity contribution in [1.29, 1.82) is 0 Å². The minimum absolute atomic E-state index is 0.0202. The molecular weight excluding hydrogens is 382 g/mol. The average molecular weight is 406 g/mol. The molecule has 0 unspecified atom stereocenters. The van der Waals surface area contributed by atoms with Gasteiger partial charge >= 0.3 is 5.97 Å². The molecule has 144 valence electrons. The van der Waals surface area contributed by atoms with Gasteiger partial charge in [0, 0.05) is 22.2 Å². The highest BCUT2D eigenvalue weighted by atomic mass is 35.5. The minimum atomic E-state index is -0.499. The van der Waals surface area contributed by atoms with Crippen LogP contribution in [0.2, 0.25) is 5.02 Å². The number of carbonyl (C=O) groups excluding carboxylic acids is 2. The van der Waals surface area contributed by atoms with E-state index in [1.54, 1.807) is 23.9 Å². The molecule has 2 aromatic carbocycles. The molecule has 1 amide bonds. The van der Waals surface area contributed by atoms with Crippen molar-refractivity contribution < 1.29 is 14.3 Å². The van der Waals surface area contributed by atoms with Crippen LogP contribution >= 0.6 is 23.4 Å². The van der Waals surface area contributed by atoms with E-state index in [2.05, 4.69) is 26.1 Å². The van der Waals surface area contributed by atoms with Crippen molar-refractivity contribution in [2.45, 2.75) is 31.1 Å². The van der Waals surface area contributed by atoms with Crippen molar-refractivity contribution in [1.82, 2.24) is 5.32 Å². The number of hydrogen-bond acceptors (Lipinski definition) is 4. The Labute approximate surface area is 169 Å². The maximum absolute atomic E-state index is 12.0. The van der Waals surface area contributed by atoms with Gasteiger partial charge < -0.3 is 10.1 Å². The van der Waals surface area contributed by atoms with Crippen LogP contribution < -0.4 is 5.32 Å². The van der Waals surface area contributed by atoms with Crippen molar-refractivity contribution in [2.75, 3.05) is 18.9 Å². The predicted octanol–water partition coefficient (Wildman–Crippen LogP) is 4.70. The Balaban J connectivity index is 1.68. The van der Waals surface area contributed by atoms with E-state index in [1.165, 1.54) is 0 Å². The maximum Gasteiger partial charge on any atom is 0.338 e. The molecule has 2 aromatic rings. The van der Waals surface area contributed by atoms with Gasteiger partial charge in [-0.1, -0.05) is 44.5 Å². The zero-order valence-corrected chi connectivity index (χ0v) is 17.3. The summed E-state index contributed by atoms with van der Waals surface area (Å²) in [6.45, 7) is 6.52. The Morgan fingerprint density at radius 2 is 1.67 bits per heavy atom. The monoisotopic (exact) mass is 405 g/mol. The summed E-state index contributed by atoms with van der Waals surface area (Å²) in [5.74, 6) is -0.0946. The standard InChI is InChI=1S/C21H24ClNO3S/c1-21(2,3)16-6-4-15(5-7-16)20(25)26-14-19(24)23-12-13-27-18-10-8-17(22)9-11-18/h4-11H,12-14H2,1-3H3,(H,23,24). The van der Waals surface area contributed by atoms with Crippen LogP contribution in [0, 0.1) is 0 Å². The second kappa shape index (κ2) is 9.81. The first-order valence-corrected chi connectivity index (χ1v) is 10.0. The van der Waals surface area contributed by atoms with Crippen LogP contribution in [0.3, 0.4) is 0 Å². The van der Waals surface area contributed by atoms with Gasteiger partial charge in [0.2, 0.25) is 0 Å². The van der Waals surface area contributed by atoms with Crippen LogP contribution in [0.1, 0.15) is 36.7 Å². The highest BCUT2D eigenvalue weighted by Gasteiger charge is 2.15. The second-order valence-corrected chi connectivity index (χ2v) is 8.66. The highest BCUT2D eigenvalue weighted by molar-refractivity contribution is 7.99. The molecule has 0 radical (unpaired) electrons. The number of carbonyl (C=O) groups is 2. The summed E-state index contributed by atoms with van der Waals surface area (Å²) >= 11 is 7.45. The molecule has 1 N–H and O–H groups in total. The number of ether oxygens (including phenoxy) is 1. The van der Waals surface area contributed by atoms with Crippen molar-refractivity contribution >= 4 is 35.2 Å². The molecule has 0 aliphatic rings. The number of amides is 1. The van der Waals surface area contributed by atoms with Gasteiger partial charge in [-0.15, -0.1) is 11.8 Å². The summed E-state index contributed by atoms with van der Waals surface area (Å²) in [6, 6.07) is 14.8. The van der Waals surface area contributed by atoms with E-state index >= 15 is 0 Å². The molecule has 0 heterocycles. The lowest BCUT2D eigenvalue weighted by Gasteiger charge is -2.18. The number of halogens is 1. The lowest BCUT2D eigenvalue weighted by Crippen LogP contribution is -2.30. The van der Waals surface area contributed by atoms with Crippen molar-refractivity contribution in [3.8, 4) is 0 Å². The lowest BCUT2D eigenvalue weighted by atomic mass is 9.87. The van der Waals surface area contributed by atoms with Gasteiger partial charge in [0.1, 0.15) is 0 Å². The number of thioether (sulfide) groups is 1. The summed E-state index contributed by atoms with van der Waals surface area (Å²) < 4.78 is 5.07.